The summed E-state index contributed by atoms with van der Waals surface area (Å²) < 4.78 is 51.7. The summed E-state index contributed by atoms with van der Waals surface area (Å²) in [6.45, 7) is 6.80. The molecule has 0 aliphatic carbocycles. The third-order valence-corrected chi connectivity index (χ3v) is 3.94. The molecular formula is C20H25F3N2O6. The van der Waals surface area contributed by atoms with E-state index in [2.05, 4.69) is 15.2 Å². The quantitative estimate of drug-likeness (QED) is 0.642. The van der Waals surface area contributed by atoms with Gasteiger partial charge in [0.25, 0.3) is 0 Å². The van der Waals surface area contributed by atoms with Crippen molar-refractivity contribution in [1.29, 1.82) is 0 Å². The van der Waals surface area contributed by atoms with Gasteiger partial charge in [-0.15, -0.1) is 13.2 Å². The Kier molecular flexibility index (Phi) is 7.40. The van der Waals surface area contributed by atoms with Crippen LogP contribution < -0.4 is 10.1 Å². The average molecular weight is 446 g/mol. The number of carbonyl (C=O) groups excluding carboxylic acids is 2. The molecule has 1 aliphatic heterocycles. The molecular weight excluding hydrogens is 421 g/mol. The Labute approximate surface area is 177 Å². The van der Waals surface area contributed by atoms with E-state index in [4.69, 9.17) is 14.3 Å². The number of alkyl halides is 3. The SMILES string of the molecule is CCOC(=O)C1(Cc2cccc(OC(F)(F)F)c2)CC(CNC(=O)OC(C)(C)C)=NO1. The smallest absolute Gasteiger partial charge is 0.463 e. The van der Waals surface area contributed by atoms with Gasteiger partial charge in [0.2, 0.25) is 5.60 Å². The van der Waals surface area contributed by atoms with E-state index in [0.29, 0.717) is 11.3 Å². The number of halogens is 3. The van der Waals surface area contributed by atoms with Gasteiger partial charge < -0.3 is 24.4 Å². The predicted molar refractivity (Wildman–Crippen MR) is 104 cm³/mol. The number of nitrogens with zero attached hydrogens (tertiary/aromatic N) is 1. The van der Waals surface area contributed by atoms with Crippen LogP contribution in [0.15, 0.2) is 29.4 Å². The molecule has 1 amide bonds. The third kappa shape index (κ3) is 7.65. The van der Waals surface area contributed by atoms with Crippen LogP contribution >= 0.6 is 0 Å². The molecule has 8 nitrogen and oxygen atoms in total. The first-order valence-electron chi connectivity index (χ1n) is 9.54. The summed E-state index contributed by atoms with van der Waals surface area (Å²) in [5.41, 5.74) is -1.55. The van der Waals surface area contributed by atoms with Crippen LogP contribution in [0, 0.1) is 0 Å². The summed E-state index contributed by atoms with van der Waals surface area (Å²) >= 11 is 0. The van der Waals surface area contributed by atoms with Gasteiger partial charge in [0, 0.05) is 12.8 Å². The number of esters is 1. The lowest BCUT2D eigenvalue weighted by Crippen LogP contribution is -2.44. The lowest BCUT2D eigenvalue weighted by atomic mass is 9.89. The average Bonchev–Trinajstić information content (AvgIpc) is 3.02. The van der Waals surface area contributed by atoms with E-state index in [0.717, 1.165) is 12.1 Å². The first-order chi connectivity index (χ1) is 14.3. The summed E-state index contributed by atoms with van der Waals surface area (Å²) in [7, 11) is 0. The molecule has 0 spiro atoms. The number of hydrogen-bond donors (Lipinski definition) is 1. The molecule has 0 aromatic heterocycles. The number of alkyl carbamates (subject to hydrolysis) is 1. The topological polar surface area (TPSA) is 95.5 Å². The summed E-state index contributed by atoms with van der Waals surface area (Å²) in [5, 5.41) is 6.39. The maximum absolute atomic E-state index is 12.6. The van der Waals surface area contributed by atoms with E-state index in [-0.39, 0.29) is 26.0 Å². The summed E-state index contributed by atoms with van der Waals surface area (Å²) in [5.74, 6) is -1.14. The molecule has 1 heterocycles. The van der Waals surface area contributed by atoms with Crippen molar-refractivity contribution in [2.24, 2.45) is 5.16 Å². The molecule has 11 heteroatoms. The second kappa shape index (κ2) is 9.44. The first-order valence-corrected chi connectivity index (χ1v) is 9.54. The van der Waals surface area contributed by atoms with Crippen LogP contribution in [0.4, 0.5) is 18.0 Å². The van der Waals surface area contributed by atoms with Gasteiger partial charge in [-0.25, -0.2) is 9.59 Å². The number of ether oxygens (including phenoxy) is 3. The fraction of sp³-hybridized carbons (Fsp3) is 0.550. The van der Waals surface area contributed by atoms with Crippen molar-refractivity contribution in [3.63, 3.8) is 0 Å². The summed E-state index contributed by atoms with van der Waals surface area (Å²) in [6, 6.07) is 5.21. The molecule has 0 saturated carbocycles. The van der Waals surface area contributed by atoms with Gasteiger partial charge in [-0.2, -0.15) is 0 Å². The molecule has 1 unspecified atom stereocenters. The van der Waals surface area contributed by atoms with Gasteiger partial charge >= 0.3 is 18.4 Å². The van der Waals surface area contributed by atoms with Crippen molar-refractivity contribution < 1.29 is 41.8 Å². The number of oxime groups is 1. The molecule has 0 radical (unpaired) electrons. The van der Waals surface area contributed by atoms with Crippen LogP contribution in [-0.2, 0) is 25.5 Å². The zero-order valence-electron chi connectivity index (χ0n) is 17.7. The van der Waals surface area contributed by atoms with Crippen LogP contribution in [0.3, 0.4) is 0 Å². The molecule has 1 aromatic carbocycles. The molecule has 1 atom stereocenters. The highest BCUT2D eigenvalue weighted by molar-refractivity contribution is 5.96. The lowest BCUT2D eigenvalue weighted by molar-refractivity contribution is -0.274. The summed E-state index contributed by atoms with van der Waals surface area (Å²) in [6.07, 6.45) is -5.64. The van der Waals surface area contributed by atoms with Gasteiger partial charge in [-0.05, 0) is 45.4 Å². The second-order valence-corrected chi connectivity index (χ2v) is 7.87. The van der Waals surface area contributed by atoms with Crippen LogP contribution in [0.1, 0.15) is 39.7 Å². The van der Waals surface area contributed by atoms with Gasteiger partial charge in [-0.1, -0.05) is 17.3 Å². The maximum Gasteiger partial charge on any atom is 0.573 e. The first kappa shape index (κ1) is 24.3. The maximum atomic E-state index is 12.6. The van der Waals surface area contributed by atoms with Crippen LogP contribution in [0.25, 0.3) is 0 Å². The molecule has 1 N–H and O–H groups in total. The zero-order chi connectivity index (χ0) is 23.3. The Morgan fingerprint density at radius 2 is 1.97 bits per heavy atom. The van der Waals surface area contributed by atoms with Crippen molar-refractivity contribution in [1.82, 2.24) is 5.32 Å². The molecule has 2 rings (SSSR count). The van der Waals surface area contributed by atoms with E-state index >= 15 is 0 Å². The number of carbonyl (C=O) groups is 2. The molecule has 1 aromatic rings. The van der Waals surface area contributed by atoms with Gasteiger partial charge in [0.15, 0.2) is 0 Å². The fourth-order valence-electron chi connectivity index (χ4n) is 2.85. The Morgan fingerprint density at radius 3 is 2.58 bits per heavy atom. The minimum absolute atomic E-state index is 0.0218. The molecule has 1 aliphatic rings. The van der Waals surface area contributed by atoms with Crippen molar-refractivity contribution in [3.05, 3.63) is 29.8 Å². The highest BCUT2D eigenvalue weighted by atomic mass is 19.4. The molecule has 172 valence electrons. The molecule has 0 fully saturated rings. The van der Waals surface area contributed by atoms with Crippen molar-refractivity contribution in [2.75, 3.05) is 13.2 Å². The number of amides is 1. The normalized spacial score (nSPS) is 18.6. The summed E-state index contributed by atoms with van der Waals surface area (Å²) in [4.78, 5) is 29.8. The van der Waals surface area contributed by atoms with Crippen molar-refractivity contribution in [3.8, 4) is 5.75 Å². The Hall–Kier alpha value is -2.98. The number of benzene rings is 1. The van der Waals surface area contributed by atoms with Gasteiger partial charge in [0.1, 0.15) is 11.4 Å². The molecule has 31 heavy (non-hydrogen) atoms. The third-order valence-electron chi connectivity index (χ3n) is 3.94. The fourth-order valence-corrected chi connectivity index (χ4v) is 2.85. The highest BCUT2D eigenvalue weighted by Gasteiger charge is 2.48. The van der Waals surface area contributed by atoms with Gasteiger partial charge in [-0.3, -0.25) is 0 Å². The van der Waals surface area contributed by atoms with Crippen LogP contribution in [0.5, 0.6) is 5.75 Å². The monoisotopic (exact) mass is 446 g/mol. The van der Waals surface area contributed by atoms with E-state index in [9.17, 15) is 22.8 Å². The highest BCUT2D eigenvalue weighted by Crippen LogP contribution is 2.32. The lowest BCUT2D eigenvalue weighted by Gasteiger charge is -2.24. The number of rotatable bonds is 7. The van der Waals surface area contributed by atoms with Crippen molar-refractivity contribution in [2.45, 2.75) is 58.1 Å². The Bertz CT molecular complexity index is 835. The van der Waals surface area contributed by atoms with E-state index in [1.807, 2.05) is 0 Å². The minimum Gasteiger partial charge on any atom is -0.463 e. The van der Waals surface area contributed by atoms with Crippen LogP contribution in [-0.4, -0.2) is 48.5 Å². The van der Waals surface area contributed by atoms with Gasteiger partial charge in [0.05, 0.1) is 18.9 Å². The predicted octanol–water partition coefficient (Wildman–Crippen LogP) is 3.73. The minimum atomic E-state index is -4.84. The van der Waals surface area contributed by atoms with E-state index in [1.165, 1.54) is 12.1 Å². The standard InChI is InChI=1S/C20H25F3N2O6/c1-5-28-16(26)19(10-13-7-6-8-15(9-13)29-20(21,22)23)11-14(25-31-19)12-24-17(27)30-18(2,3)4/h6-9H,5,10-12H2,1-4H3,(H,24,27). The number of hydrogen-bond acceptors (Lipinski definition) is 7. The van der Waals surface area contributed by atoms with E-state index in [1.54, 1.807) is 27.7 Å². The Balaban J connectivity index is 2.11. The molecule has 0 saturated heterocycles. The molecule has 0 bridgehead atoms. The van der Waals surface area contributed by atoms with E-state index < -0.39 is 35.4 Å². The Morgan fingerprint density at radius 1 is 1.26 bits per heavy atom. The number of nitrogens with one attached hydrogen (secondary N) is 1. The second-order valence-electron chi connectivity index (χ2n) is 7.87. The van der Waals surface area contributed by atoms with Crippen LogP contribution in [0.2, 0.25) is 0 Å². The largest absolute Gasteiger partial charge is 0.573 e. The zero-order valence-corrected chi connectivity index (χ0v) is 17.7. The van der Waals surface area contributed by atoms with Crippen molar-refractivity contribution >= 4 is 17.8 Å².